The van der Waals surface area contributed by atoms with Crippen molar-refractivity contribution in [2.24, 2.45) is 7.05 Å². The first-order valence-electron chi connectivity index (χ1n) is 8.78. The minimum Gasteiger partial charge on any atom is -0.481 e. The van der Waals surface area contributed by atoms with Crippen molar-refractivity contribution < 1.29 is 28.2 Å². The number of aliphatic carboxylic acids is 2. The minimum atomic E-state index is -3.21. The van der Waals surface area contributed by atoms with Gasteiger partial charge in [0.25, 0.3) is 0 Å². The molecule has 0 radical (unpaired) electrons. The normalized spacial score (nSPS) is 10.9. The fourth-order valence-electron chi connectivity index (χ4n) is 2.46. The quantitative estimate of drug-likeness (QED) is 0.571. The lowest BCUT2D eigenvalue weighted by Gasteiger charge is -2.01. The van der Waals surface area contributed by atoms with Crippen molar-refractivity contribution in [3.63, 3.8) is 0 Å². The van der Waals surface area contributed by atoms with E-state index >= 15 is 0 Å². The summed E-state index contributed by atoms with van der Waals surface area (Å²) in [7, 11) is -1.34. The predicted octanol–water partition coefficient (Wildman–Crippen LogP) is 1.67. The summed E-state index contributed by atoms with van der Waals surface area (Å²) in [5.41, 5.74) is 2.77. The van der Waals surface area contributed by atoms with Gasteiger partial charge in [0.05, 0.1) is 36.7 Å². The summed E-state index contributed by atoms with van der Waals surface area (Å²) in [6.07, 6.45) is 7.98. The molecule has 0 fully saturated rings. The lowest BCUT2D eigenvalue weighted by molar-refractivity contribution is -0.143. The van der Waals surface area contributed by atoms with Crippen molar-refractivity contribution in [2.45, 2.75) is 24.3 Å². The molecule has 2 N–H and O–H groups in total. The second-order valence-electron chi connectivity index (χ2n) is 6.54. The van der Waals surface area contributed by atoms with Crippen LogP contribution >= 0.6 is 0 Å². The Morgan fingerprint density at radius 3 is 2.20 bits per heavy atom. The van der Waals surface area contributed by atoms with Crippen molar-refractivity contribution in [3.05, 3.63) is 54.6 Å². The number of carboxylic acids is 2. The molecule has 11 heteroatoms. The van der Waals surface area contributed by atoms with Crippen molar-refractivity contribution in [1.82, 2.24) is 19.6 Å². The standard InChI is InChI=1S/C15H16N4O2S.C4H6O4/c1-18-9-12(7-16-18)10-19-11-14(8-17-19)13-4-3-5-15(6-13)22(2,20)21;5-3(6)1-2-4(7)8/h3-9,11H,10H2,1-2H3;1-2H2,(H,5,6)(H,7,8). The number of hydrogen-bond acceptors (Lipinski definition) is 6. The summed E-state index contributed by atoms with van der Waals surface area (Å²) in [5.74, 6) is -2.15. The van der Waals surface area contributed by atoms with Crippen LogP contribution in [0.5, 0.6) is 0 Å². The van der Waals surface area contributed by atoms with Crippen LogP contribution < -0.4 is 0 Å². The van der Waals surface area contributed by atoms with Crippen LogP contribution in [0.2, 0.25) is 0 Å². The average Bonchev–Trinajstić information content (AvgIpc) is 3.29. The van der Waals surface area contributed by atoms with Gasteiger partial charge in [0.1, 0.15) is 0 Å². The van der Waals surface area contributed by atoms with Gasteiger partial charge in [-0.1, -0.05) is 12.1 Å². The topological polar surface area (TPSA) is 144 Å². The van der Waals surface area contributed by atoms with Crippen LogP contribution in [0.3, 0.4) is 0 Å². The molecule has 0 saturated heterocycles. The van der Waals surface area contributed by atoms with E-state index < -0.39 is 21.8 Å². The molecule has 0 bridgehead atoms. The molecule has 0 aliphatic rings. The van der Waals surface area contributed by atoms with Gasteiger partial charge in [0, 0.05) is 36.8 Å². The third-order valence-electron chi connectivity index (χ3n) is 3.88. The fraction of sp³-hybridized carbons (Fsp3) is 0.263. The number of aryl methyl sites for hydroxylation is 1. The van der Waals surface area contributed by atoms with Gasteiger partial charge in [0.2, 0.25) is 0 Å². The second-order valence-corrected chi connectivity index (χ2v) is 8.55. The number of carboxylic acid groups (broad SMARTS) is 2. The Morgan fingerprint density at radius 2 is 1.67 bits per heavy atom. The molecule has 1 aromatic carbocycles. The third kappa shape index (κ3) is 7.17. The summed E-state index contributed by atoms with van der Waals surface area (Å²) in [6.45, 7) is 0.625. The number of hydrogen-bond donors (Lipinski definition) is 2. The Labute approximate surface area is 173 Å². The zero-order chi connectivity index (χ0) is 22.3. The van der Waals surface area contributed by atoms with Gasteiger partial charge in [0.15, 0.2) is 9.84 Å². The van der Waals surface area contributed by atoms with Gasteiger partial charge in [-0.25, -0.2) is 8.42 Å². The lowest BCUT2D eigenvalue weighted by Crippen LogP contribution is -2.00. The van der Waals surface area contributed by atoms with Crippen LogP contribution in [0.25, 0.3) is 11.1 Å². The molecular weight excluding hydrogens is 412 g/mol. The van der Waals surface area contributed by atoms with E-state index in [9.17, 15) is 18.0 Å². The highest BCUT2D eigenvalue weighted by molar-refractivity contribution is 7.90. The van der Waals surface area contributed by atoms with Crippen LogP contribution in [-0.4, -0.2) is 56.4 Å². The molecule has 3 aromatic rings. The fourth-order valence-corrected chi connectivity index (χ4v) is 3.13. The Hall–Kier alpha value is -3.47. The van der Waals surface area contributed by atoms with Crippen molar-refractivity contribution in [3.8, 4) is 11.1 Å². The molecule has 3 rings (SSSR count). The van der Waals surface area contributed by atoms with Crippen molar-refractivity contribution >= 4 is 21.8 Å². The smallest absolute Gasteiger partial charge is 0.303 e. The second kappa shape index (κ2) is 9.83. The summed E-state index contributed by atoms with van der Waals surface area (Å²) in [4.78, 5) is 19.6. The third-order valence-corrected chi connectivity index (χ3v) is 4.99. The van der Waals surface area contributed by atoms with Crippen molar-refractivity contribution in [2.75, 3.05) is 6.26 Å². The Morgan fingerprint density at radius 1 is 1.00 bits per heavy atom. The highest BCUT2D eigenvalue weighted by Crippen LogP contribution is 2.22. The number of sulfone groups is 1. The van der Waals surface area contributed by atoms with Gasteiger partial charge in [-0.15, -0.1) is 0 Å². The van der Waals surface area contributed by atoms with E-state index in [4.69, 9.17) is 10.2 Å². The molecule has 0 saturated carbocycles. The number of nitrogens with zero attached hydrogens (tertiary/aromatic N) is 4. The van der Waals surface area contributed by atoms with E-state index in [-0.39, 0.29) is 12.8 Å². The first-order valence-corrected chi connectivity index (χ1v) is 10.7. The van der Waals surface area contributed by atoms with Gasteiger partial charge < -0.3 is 10.2 Å². The zero-order valence-corrected chi connectivity index (χ0v) is 17.3. The molecule has 10 nitrogen and oxygen atoms in total. The van der Waals surface area contributed by atoms with E-state index in [0.717, 1.165) is 16.7 Å². The van der Waals surface area contributed by atoms with Gasteiger partial charge in [-0.05, 0) is 17.7 Å². The largest absolute Gasteiger partial charge is 0.481 e. The van der Waals surface area contributed by atoms with Gasteiger partial charge in [-0.3, -0.25) is 19.0 Å². The number of carbonyl (C=O) groups is 2. The first kappa shape index (κ1) is 22.8. The average molecular weight is 434 g/mol. The zero-order valence-electron chi connectivity index (χ0n) is 16.5. The molecule has 2 aromatic heterocycles. The van der Waals surface area contributed by atoms with E-state index in [2.05, 4.69) is 10.2 Å². The molecule has 160 valence electrons. The summed E-state index contributed by atoms with van der Waals surface area (Å²) < 4.78 is 26.8. The predicted molar refractivity (Wildman–Crippen MR) is 108 cm³/mol. The molecule has 0 aliphatic heterocycles. The Bertz CT molecular complexity index is 1120. The minimum absolute atomic E-state index is 0.296. The molecule has 0 unspecified atom stereocenters. The first-order chi connectivity index (χ1) is 14.0. The van der Waals surface area contributed by atoms with Crippen LogP contribution in [0, 0.1) is 0 Å². The van der Waals surface area contributed by atoms with E-state index in [0.29, 0.717) is 11.4 Å². The van der Waals surface area contributed by atoms with E-state index in [1.807, 2.05) is 25.5 Å². The number of aromatic nitrogens is 4. The van der Waals surface area contributed by atoms with Crippen LogP contribution in [0.15, 0.2) is 53.9 Å². The maximum absolute atomic E-state index is 11.6. The number of rotatable bonds is 7. The van der Waals surface area contributed by atoms with Crippen LogP contribution in [0.4, 0.5) is 0 Å². The lowest BCUT2D eigenvalue weighted by atomic mass is 10.1. The molecule has 0 atom stereocenters. The van der Waals surface area contributed by atoms with Gasteiger partial charge >= 0.3 is 11.9 Å². The van der Waals surface area contributed by atoms with Crippen LogP contribution in [0.1, 0.15) is 18.4 Å². The van der Waals surface area contributed by atoms with Crippen LogP contribution in [-0.2, 0) is 33.0 Å². The Kier molecular flexibility index (Phi) is 7.48. The van der Waals surface area contributed by atoms with Gasteiger partial charge in [-0.2, -0.15) is 10.2 Å². The summed E-state index contributed by atoms with van der Waals surface area (Å²) in [5, 5.41) is 24.2. The Balaban J connectivity index is 0.000000343. The van der Waals surface area contributed by atoms with Crippen molar-refractivity contribution in [1.29, 1.82) is 0 Å². The molecule has 0 aliphatic carbocycles. The van der Waals surface area contributed by atoms with E-state index in [1.165, 1.54) is 6.26 Å². The monoisotopic (exact) mass is 434 g/mol. The molecule has 30 heavy (non-hydrogen) atoms. The SMILES string of the molecule is Cn1cc(Cn2cc(-c3cccc(S(C)(=O)=O)c3)cn2)cn1.O=C(O)CCC(=O)O. The highest BCUT2D eigenvalue weighted by Gasteiger charge is 2.09. The molecule has 0 spiro atoms. The highest BCUT2D eigenvalue weighted by atomic mass is 32.2. The summed E-state index contributed by atoms with van der Waals surface area (Å²) >= 11 is 0. The molecule has 0 amide bonds. The number of benzene rings is 1. The maximum Gasteiger partial charge on any atom is 0.303 e. The van der Waals surface area contributed by atoms with E-state index in [1.54, 1.807) is 40.0 Å². The molecule has 2 heterocycles. The maximum atomic E-state index is 11.6. The summed E-state index contributed by atoms with van der Waals surface area (Å²) in [6, 6.07) is 6.88. The molecular formula is C19H22N4O6S.